The van der Waals surface area contributed by atoms with Crippen LogP contribution in [0, 0.1) is 0 Å². The van der Waals surface area contributed by atoms with Crippen molar-refractivity contribution < 1.29 is 18.6 Å². The Hall–Kier alpha value is -2.95. The highest BCUT2D eigenvalue weighted by Crippen LogP contribution is 2.32. The van der Waals surface area contributed by atoms with Gasteiger partial charge in [-0.1, -0.05) is 12.1 Å². The molecule has 3 aromatic rings. The summed E-state index contributed by atoms with van der Waals surface area (Å²) in [5, 5.41) is 0. The Labute approximate surface area is 172 Å². The second kappa shape index (κ2) is 10.6. The number of rotatable bonds is 11. The second-order valence-electron chi connectivity index (χ2n) is 6.61. The fourth-order valence-corrected chi connectivity index (χ4v) is 3.17. The van der Waals surface area contributed by atoms with Gasteiger partial charge in [0, 0.05) is 5.56 Å². The van der Waals surface area contributed by atoms with Gasteiger partial charge in [0.15, 0.2) is 11.5 Å². The highest BCUT2D eigenvalue weighted by molar-refractivity contribution is 5.60. The van der Waals surface area contributed by atoms with Gasteiger partial charge in [0.05, 0.1) is 25.5 Å². The van der Waals surface area contributed by atoms with Gasteiger partial charge in [-0.2, -0.15) is 0 Å². The SMILES string of the molecule is CCOc1cccc(CCCc2coc(-c3ccc(OCC)c(OCC)c3)n2)c1. The first-order chi connectivity index (χ1) is 14.2. The van der Waals surface area contributed by atoms with Crippen LogP contribution in [-0.4, -0.2) is 24.8 Å². The van der Waals surface area contributed by atoms with Gasteiger partial charge in [0.1, 0.15) is 12.0 Å². The third-order valence-corrected chi connectivity index (χ3v) is 4.45. The first-order valence-corrected chi connectivity index (χ1v) is 10.3. The van der Waals surface area contributed by atoms with Crippen LogP contribution in [0.25, 0.3) is 11.5 Å². The minimum atomic E-state index is 0.574. The van der Waals surface area contributed by atoms with Gasteiger partial charge in [0.25, 0.3) is 0 Å². The van der Waals surface area contributed by atoms with Gasteiger partial charge in [-0.15, -0.1) is 0 Å². The van der Waals surface area contributed by atoms with Crippen molar-refractivity contribution in [2.75, 3.05) is 19.8 Å². The van der Waals surface area contributed by atoms with Crippen molar-refractivity contribution in [1.29, 1.82) is 0 Å². The van der Waals surface area contributed by atoms with Crippen molar-refractivity contribution >= 4 is 0 Å². The van der Waals surface area contributed by atoms with Gasteiger partial charge in [-0.05, 0) is 75.9 Å². The van der Waals surface area contributed by atoms with Gasteiger partial charge in [-0.25, -0.2) is 4.98 Å². The molecule has 0 bridgehead atoms. The zero-order chi connectivity index (χ0) is 20.5. The predicted octanol–water partition coefficient (Wildman–Crippen LogP) is 5.71. The Kier molecular flexibility index (Phi) is 7.56. The summed E-state index contributed by atoms with van der Waals surface area (Å²) >= 11 is 0. The molecule has 0 radical (unpaired) electrons. The number of aryl methyl sites for hydroxylation is 2. The molecule has 5 nitrogen and oxygen atoms in total. The lowest BCUT2D eigenvalue weighted by molar-refractivity contribution is 0.288. The second-order valence-corrected chi connectivity index (χ2v) is 6.61. The normalized spacial score (nSPS) is 10.7. The zero-order valence-corrected chi connectivity index (χ0v) is 17.4. The molecular formula is C24H29NO4. The van der Waals surface area contributed by atoms with Crippen LogP contribution in [0.15, 0.2) is 53.1 Å². The number of benzene rings is 2. The number of nitrogens with zero attached hydrogens (tertiary/aromatic N) is 1. The van der Waals surface area contributed by atoms with Crippen LogP contribution < -0.4 is 14.2 Å². The topological polar surface area (TPSA) is 53.7 Å². The minimum Gasteiger partial charge on any atom is -0.494 e. The maximum Gasteiger partial charge on any atom is 0.226 e. The summed E-state index contributed by atoms with van der Waals surface area (Å²) in [6, 6.07) is 14.0. The van der Waals surface area contributed by atoms with Crippen LogP contribution in [-0.2, 0) is 12.8 Å². The van der Waals surface area contributed by atoms with Crippen LogP contribution in [0.3, 0.4) is 0 Å². The maximum absolute atomic E-state index is 5.71. The molecule has 0 amide bonds. The van der Waals surface area contributed by atoms with Crippen molar-refractivity contribution in [3.63, 3.8) is 0 Å². The summed E-state index contributed by atoms with van der Waals surface area (Å²) in [6.07, 6.45) is 4.57. The Bertz CT molecular complexity index is 903. The molecule has 0 N–H and O–H groups in total. The maximum atomic E-state index is 5.71. The molecule has 0 saturated heterocycles. The van der Waals surface area contributed by atoms with Crippen molar-refractivity contribution in [2.45, 2.75) is 40.0 Å². The predicted molar refractivity (Wildman–Crippen MR) is 114 cm³/mol. The zero-order valence-electron chi connectivity index (χ0n) is 17.4. The Morgan fingerprint density at radius 1 is 0.828 bits per heavy atom. The van der Waals surface area contributed by atoms with Crippen LogP contribution in [0.4, 0.5) is 0 Å². The molecule has 1 heterocycles. The van der Waals surface area contributed by atoms with Crippen molar-refractivity contribution in [1.82, 2.24) is 4.98 Å². The number of aromatic nitrogens is 1. The number of ether oxygens (including phenoxy) is 3. The average molecular weight is 395 g/mol. The number of oxazole rings is 1. The molecule has 5 heteroatoms. The van der Waals surface area contributed by atoms with E-state index in [-0.39, 0.29) is 0 Å². The molecule has 3 rings (SSSR count). The lowest BCUT2D eigenvalue weighted by Gasteiger charge is -2.11. The average Bonchev–Trinajstić information content (AvgIpc) is 3.19. The molecule has 0 aliphatic heterocycles. The highest BCUT2D eigenvalue weighted by Gasteiger charge is 2.12. The molecule has 1 aromatic heterocycles. The van der Waals surface area contributed by atoms with E-state index in [0.29, 0.717) is 31.5 Å². The Balaban J connectivity index is 1.62. The van der Waals surface area contributed by atoms with Gasteiger partial charge in [0.2, 0.25) is 5.89 Å². The molecule has 29 heavy (non-hydrogen) atoms. The molecule has 0 spiro atoms. The van der Waals surface area contributed by atoms with Crippen molar-refractivity contribution in [3.8, 4) is 28.7 Å². The van der Waals surface area contributed by atoms with E-state index >= 15 is 0 Å². The van der Waals surface area contributed by atoms with Gasteiger partial charge >= 0.3 is 0 Å². The summed E-state index contributed by atoms with van der Waals surface area (Å²) in [4.78, 5) is 4.65. The molecule has 0 fully saturated rings. The van der Waals surface area contributed by atoms with Gasteiger partial charge in [-0.3, -0.25) is 0 Å². The van der Waals surface area contributed by atoms with E-state index in [1.165, 1.54) is 5.56 Å². The monoisotopic (exact) mass is 395 g/mol. The standard InChI is InChI=1S/C24H29NO4/c1-4-26-21-12-8-10-18(15-21)9-7-11-20-17-29-24(25-20)19-13-14-22(27-5-2)23(16-19)28-6-3/h8,10,12-17H,4-7,9,11H2,1-3H3. The van der Waals surface area contributed by atoms with Crippen LogP contribution in [0.1, 0.15) is 38.4 Å². The van der Waals surface area contributed by atoms with Crippen LogP contribution in [0.5, 0.6) is 17.2 Å². The quantitative estimate of drug-likeness (QED) is 0.416. The van der Waals surface area contributed by atoms with Crippen LogP contribution in [0.2, 0.25) is 0 Å². The van der Waals surface area contributed by atoms with E-state index in [9.17, 15) is 0 Å². The Morgan fingerprint density at radius 3 is 2.41 bits per heavy atom. The molecule has 0 saturated carbocycles. The molecule has 0 aliphatic rings. The van der Waals surface area contributed by atoms with E-state index < -0.39 is 0 Å². The summed E-state index contributed by atoms with van der Waals surface area (Å²) in [6.45, 7) is 7.76. The van der Waals surface area contributed by atoms with Crippen molar-refractivity contribution in [2.24, 2.45) is 0 Å². The van der Waals surface area contributed by atoms with Crippen LogP contribution >= 0.6 is 0 Å². The molecule has 154 valence electrons. The summed E-state index contributed by atoms with van der Waals surface area (Å²) in [5.74, 6) is 2.97. The number of hydrogen-bond donors (Lipinski definition) is 0. The lowest BCUT2D eigenvalue weighted by Crippen LogP contribution is -1.98. The summed E-state index contributed by atoms with van der Waals surface area (Å²) in [7, 11) is 0. The first-order valence-electron chi connectivity index (χ1n) is 10.3. The van der Waals surface area contributed by atoms with Crippen molar-refractivity contribution in [3.05, 3.63) is 60.0 Å². The van der Waals surface area contributed by atoms with E-state index in [4.69, 9.17) is 18.6 Å². The van der Waals surface area contributed by atoms with E-state index in [1.54, 1.807) is 6.26 Å². The van der Waals surface area contributed by atoms with Gasteiger partial charge < -0.3 is 18.6 Å². The molecule has 0 aliphatic carbocycles. The lowest BCUT2D eigenvalue weighted by atomic mass is 10.1. The fraction of sp³-hybridized carbons (Fsp3) is 0.375. The number of hydrogen-bond acceptors (Lipinski definition) is 5. The highest BCUT2D eigenvalue weighted by atomic mass is 16.5. The van der Waals surface area contributed by atoms with E-state index in [1.807, 2.05) is 51.1 Å². The summed E-state index contributed by atoms with van der Waals surface area (Å²) < 4.78 is 22.6. The third kappa shape index (κ3) is 5.76. The van der Waals surface area contributed by atoms with E-state index in [2.05, 4.69) is 17.1 Å². The smallest absolute Gasteiger partial charge is 0.226 e. The third-order valence-electron chi connectivity index (χ3n) is 4.45. The summed E-state index contributed by atoms with van der Waals surface area (Å²) in [5.41, 5.74) is 3.10. The molecule has 0 unspecified atom stereocenters. The fourth-order valence-electron chi connectivity index (χ4n) is 3.17. The Morgan fingerprint density at radius 2 is 1.62 bits per heavy atom. The van der Waals surface area contributed by atoms with E-state index in [0.717, 1.165) is 42.0 Å². The first kappa shape index (κ1) is 20.8. The minimum absolute atomic E-state index is 0.574. The largest absolute Gasteiger partial charge is 0.494 e. The molecule has 0 atom stereocenters. The molecular weight excluding hydrogens is 366 g/mol. The molecule has 2 aromatic carbocycles.